The van der Waals surface area contributed by atoms with Gasteiger partial charge in [-0.3, -0.25) is 0 Å². The summed E-state index contributed by atoms with van der Waals surface area (Å²) in [6.45, 7) is 4.69. The van der Waals surface area contributed by atoms with Crippen molar-refractivity contribution in [1.29, 1.82) is 0 Å². The van der Waals surface area contributed by atoms with E-state index in [9.17, 15) is 0 Å². The number of halogens is 1. The van der Waals surface area contributed by atoms with Crippen LogP contribution in [0.1, 0.15) is 25.0 Å². The van der Waals surface area contributed by atoms with Crippen molar-refractivity contribution in [2.75, 3.05) is 0 Å². The highest BCUT2D eigenvalue weighted by atomic mass is 79.9. The van der Waals surface area contributed by atoms with Gasteiger partial charge in [-0.15, -0.1) is 0 Å². The molecule has 3 heteroatoms. The van der Waals surface area contributed by atoms with E-state index < -0.39 is 0 Å². The van der Waals surface area contributed by atoms with Crippen LogP contribution in [0.2, 0.25) is 0 Å². The lowest BCUT2D eigenvalue weighted by Gasteiger charge is -2.22. The zero-order valence-electron chi connectivity index (χ0n) is 23.3. The fraction of sp³-hybridized carbons (Fsp3) is 0.0769. The van der Waals surface area contributed by atoms with Gasteiger partial charge in [-0.1, -0.05) is 103 Å². The predicted octanol–water partition coefficient (Wildman–Crippen LogP) is 11.4. The summed E-state index contributed by atoms with van der Waals surface area (Å²) in [6, 6.07) is 44.1. The number of benzene rings is 6. The van der Waals surface area contributed by atoms with Crippen molar-refractivity contribution in [1.82, 2.24) is 4.57 Å². The monoisotopic (exact) mass is 603 g/mol. The van der Waals surface area contributed by atoms with E-state index in [0.29, 0.717) is 0 Å². The van der Waals surface area contributed by atoms with Crippen LogP contribution >= 0.6 is 15.9 Å². The molecule has 42 heavy (non-hydrogen) atoms. The molecule has 0 aliphatic heterocycles. The Kier molecular flexibility index (Phi) is 4.85. The molecule has 0 amide bonds. The van der Waals surface area contributed by atoms with E-state index in [1.165, 1.54) is 60.9 Å². The second kappa shape index (κ2) is 8.47. The first-order valence-corrected chi connectivity index (χ1v) is 15.2. The molecule has 0 fully saturated rings. The zero-order valence-corrected chi connectivity index (χ0v) is 24.9. The normalized spacial score (nSPS) is 13.8. The summed E-state index contributed by atoms with van der Waals surface area (Å²) >= 11 is 3.74. The summed E-state index contributed by atoms with van der Waals surface area (Å²) < 4.78 is 9.64. The van der Waals surface area contributed by atoms with E-state index >= 15 is 0 Å². The number of furan rings is 1. The first kappa shape index (κ1) is 24.0. The van der Waals surface area contributed by atoms with Gasteiger partial charge in [-0.25, -0.2) is 0 Å². The Morgan fingerprint density at radius 3 is 2.26 bits per heavy atom. The Hall–Kier alpha value is -4.60. The fourth-order valence-corrected chi connectivity index (χ4v) is 7.78. The summed E-state index contributed by atoms with van der Waals surface area (Å²) in [7, 11) is 0. The molecule has 0 atom stereocenters. The fourth-order valence-electron chi connectivity index (χ4n) is 7.22. The second-order valence-electron chi connectivity index (χ2n) is 11.9. The Bertz CT molecular complexity index is 2400. The van der Waals surface area contributed by atoms with Gasteiger partial charge in [0.05, 0.1) is 11.0 Å². The summed E-state index contributed by atoms with van der Waals surface area (Å²) in [5.41, 5.74) is 13.2. The van der Waals surface area contributed by atoms with Crippen LogP contribution in [0.15, 0.2) is 130 Å². The van der Waals surface area contributed by atoms with Crippen LogP contribution in [0.3, 0.4) is 0 Å². The van der Waals surface area contributed by atoms with E-state index in [1.54, 1.807) is 0 Å². The molecule has 2 heterocycles. The van der Waals surface area contributed by atoms with Crippen LogP contribution in [0.5, 0.6) is 0 Å². The third-order valence-electron chi connectivity index (χ3n) is 9.28. The summed E-state index contributed by atoms with van der Waals surface area (Å²) in [5, 5.41) is 4.76. The van der Waals surface area contributed by atoms with Gasteiger partial charge < -0.3 is 8.98 Å². The van der Waals surface area contributed by atoms with E-state index in [4.69, 9.17) is 4.42 Å². The van der Waals surface area contributed by atoms with Gasteiger partial charge >= 0.3 is 0 Å². The largest absolute Gasteiger partial charge is 0.456 e. The number of rotatable bonds is 2. The minimum Gasteiger partial charge on any atom is -0.456 e. The molecule has 0 saturated heterocycles. The number of fused-ring (bicyclic) bond motifs is 9. The lowest BCUT2D eigenvalue weighted by atomic mass is 9.82. The maximum Gasteiger partial charge on any atom is 0.136 e. The number of aromatic nitrogens is 1. The minimum atomic E-state index is -0.0527. The first-order chi connectivity index (χ1) is 20.5. The van der Waals surface area contributed by atoms with E-state index in [2.05, 4.69) is 144 Å². The highest BCUT2D eigenvalue weighted by Gasteiger charge is 2.35. The molecule has 0 N–H and O–H groups in total. The molecular formula is C39H26BrNO. The highest BCUT2D eigenvalue weighted by molar-refractivity contribution is 9.10. The van der Waals surface area contributed by atoms with Crippen molar-refractivity contribution in [3.8, 4) is 27.9 Å². The van der Waals surface area contributed by atoms with Crippen LogP contribution < -0.4 is 0 Å². The molecule has 0 radical (unpaired) electrons. The Balaban J connectivity index is 1.28. The maximum atomic E-state index is 6.15. The average molecular weight is 605 g/mol. The van der Waals surface area contributed by atoms with E-state index in [0.717, 1.165) is 26.4 Å². The number of hydrogen-bond acceptors (Lipinski definition) is 1. The van der Waals surface area contributed by atoms with Gasteiger partial charge in [0.2, 0.25) is 0 Å². The van der Waals surface area contributed by atoms with Crippen molar-refractivity contribution < 1.29 is 4.42 Å². The molecule has 0 bridgehead atoms. The van der Waals surface area contributed by atoms with Crippen LogP contribution in [0.25, 0.3) is 71.7 Å². The van der Waals surface area contributed by atoms with Crippen LogP contribution in [0.4, 0.5) is 0 Å². The standard InChI is InChI=1S/C39H26BrNO/c1-39(2)31-10-5-3-8-26(31)27-18-16-25(22-32(27)39)41-34-12-6-4-9-28(34)29-17-14-24(21-35(29)41)23-15-19-36-30(20-23)38-33(40)11-7-13-37(38)42-36/h3-22H,1-2H3. The lowest BCUT2D eigenvalue weighted by molar-refractivity contribution is 0.660. The molecule has 0 unspecified atom stereocenters. The second-order valence-corrected chi connectivity index (χ2v) is 12.8. The summed E-state index contributed by atoms with van der Waals surface area (Å²) in [4.78, 5) is 0. The third kappa shape index (κ3) is 3.20. The third-order valence-corrected chi connectivity index (χ3v) is 9.94. The number of hydrogen-bond donors (Lipinski definition) is 0. The van der Waals surface area contributed by atoms with Crippen molar-refractivity contribution in [2.45, 2.75) is 19.3 Å². The molecule has 8 aromatic rings. The molecule has 1 aliphatic rings. The topological polar surface area (TPSA) is 18.1 Å². The molecule has 2 aromatic heterocycles. The maximum absolute atomic E-state index is 6.15. The smallest absolute Gasteiger partial charge is 0.136 e. The summed E-state index contributed by atoms with van der Waals surface area (Å²) in [5.74, 6) is 0. The number of para-hydroxylation sites is 1. The first-order valence-electron chi connectivity index (χ1n) is 14.4. The predicted molar refractivity (Wildman–Crippen MR) is 179 cm³/mol. The Morgan fingerprint density at radius 2 is 1.33 bits per heavy atom. The van der Waals surface area contributed by atoms with Gasteiger partial charge in [-0.2, -0.15) is 0 Å². The Labute approximate surface area is 251 Å². The SMILES string of the molecule is CC1(C)c2ccccc2-c2ccc(-n3c4ccccc4c4ccc(-c5ccc6oc7cccc(Br)c7c6c5)cc43)cc21. The number of nitrogens with zero attached hydrogens (tertiary/aromatic N) is 1. The Morgan fingerprint density at radius 1 is 0.571 bits per heavy atom. The van der Waals surface area contributed by atoms with E-state index in [-0.39, 0.29) is 5.41 Å². The molecule has 200 valence electrons. The molecule has 6 aromatic carbocycles. The van der Waals surface area contributed by atoms with Crippen molar-refractivity contribution in [3.63, 3.8) is 0 Å². The van der Waals surface area contributed by atoms with Gasteiger partial charge in [0.1, 0.15) is 11.2 Å². The average Bonchev–Trinajstić information content (AvgIpc) is 3.63. The van der Waals surface area contributed by atoms with Crippen molar-refractivity contribution in [2.24, 2.45) is 0 Å². The van der Waals surface area contributed by atoms with Crippen LogP contribution in [-0.4, -0.2) is 4.57 Å². The van der Waals surface area contributed by atoms with E-state index in [1.807, 2.05) is 12.1 Å². The van der Waals surface area contributed by atoms with Crippen molar-refractivity contribution in [3.05, 3.63) is 137 Å². The van der Waals surface area contributed by atoms with Crippen LogP contribution in [0, 0.1) is 0 Å². The van der Waals surface area contributed by atoms with Crippen LogP contribution in [-0.2, 0) is 5.41 Å². The zero-order chi connectivity index (χ0) is 28.2. The summed E-state index contributed by atoms with van der Waals surface area (Å²) in [6.07, 6.45) is 0. The van der Waals surface area contributed by atoms with Gasteiger partial charge in [0.25, 0.3) is 0 Å². The molecule has 0 saturated carbocycles. The van der Waals surface area contributed by atoms with Gasteiger partial charge in [0, 0.05) is 37.1 Å². The van der Waals surface area contributed by atoms with Crippen molar-refractivity contribution >= 4 is 59.7 Å². The minimum absolute atomic E-state index is 0.0527. The molecule has 9 rings (SSSR count). The highest BCUT2D eigenvalue weighted by Crippen LogP contribution is 2.49. The van der Waals surface area contributed by atoms with Gasteiger partial charge in [0.15, 0.2) is 0 Å². The quantitative estimate of drug-likeness (QED) is 0.192. The lowest BCUT2D eigenvalue weighted by Crippen LogP contribution is -2.15. The molecule has 0 spiro atoms. The molecular weight excluding hydrogens is 578 g/mol. The molecule has 2 nitrogen and oxygen atoms in total. The van der Waals surface area contributed by atoms with Gasteiger partial charge in [-0.05, 0) is 81.9 Å². The molecule has 1 aliphatic carbocycles.